The number of ether oxygens (including phenoxy) is 2. The number of benzene rings is 1. The third kappa shape index (κ3) is 4.78. The largest absolute Gasteiger partial charge is 0.366 e. The molecule has 1 aromatic rings. The molecular weight excluding hydrogens is 322 g/mol. The first kappa shape index (κ1) is 17.8. The topological polar surface area (TPSA) is 93.9 Å². The molecule has 0 aromatic heterocycles. The molecule has 0 radical (unpaired) electrons. The van der Waals surface area contributed by atoms with E-state index < -0.39 is 5.91 Å². The van der Waals surface area contributed by atoms with E-state index >= 15 is 0 Å². The van der Waals surface area contributed by atoms with Crippen molar-refractivity contribution in [3.8, 4) is 0 Å². The zero-order chi connectivity index (χ0) is 17.6. The van der Waals surface area contributed by atoms with Gasteiger partial charge in [0.05, 0.1) is 19.3 Å². The maximum atomic E-state index is 12.2. The van der Waals surface area contributed by atoms with Gasteiger partial charge in [-0.15, -0.1) is 0 Å². The maximum Gasteiger partial charge on any atom is 0.248 e. The number of nitrogens with two attached hydrogens (primary N) is 1. The summed E-state index contributed by atoms with van der Waals surface area (Å²) in [5.74, 6) is -0.533. The van der Waals surface area contributed by atoms with Crippen molar-refractivity contribution in [2.24, 2.45) is 5.73 Å². The summed E-state index contributed by atoms with van der Waals surface area (Å²) in [5.41, 5.74) is 6.29. The average Bonchev–Trinajstić information content (AvgIpc) is 3.15. The number of hydrogen-bond donors (Lipinski definition) is 2. The first-order valence-electron chi connectivity index (χ1n) is 8.80. The average molecular weight is 347 g/mol. The molecule has 1 aromatic carbocycles. The Labute approximate surface area is 147 Å². The van der Waals surface area contributed by atoms with Gasteiger partial charge in [-0.1, -0.05) is 6.42 Å². The van der Waals surface area contributed by atoms with E-state index in [1.807, 2.05) is 0 Å². The fourth-order valence-electron chi connectivity index (χ4n) is 3.39. The van der Waals surface area contributed by atoms with Crippen LogP contribution in [0, 0.1) is 0 Å². The number of anilines is 1. The van der Waals surface area contributed by atoms with Crippen molar-refractivity contribution in [2.75, 3.05) is 31.6 Å². The van der Waals surface area contributed by atoms with E-state index in [0.29, 0.717) is 37.4 Å². The number of hydrogen-bond acceptors (Lipinski definition) is 5. The standard InChI is InChI=1S/C18H25N3O4/c19-17(23)13-4-6-14(7-5-13)20-16(22)8-10-21-9-2-1-3-15(21)18-24-11-12-25-18/h4-7,15,18H,1-3,8-12H2,(H2,19,23)(H,20,22). The zero-order valence-electron chi connectivity index (χ0n) is 14.3. The minimum Gasteiger partial charge on any atom is -0.366 e. The highest BCUT2D eigenvalue weighted by molar-refractivity contribution is 5.94. The van der Waals surface area contributed by atoms with E-state index in [2.05, 4.69) is 10.2 Å². The highest BCUT2D eigenvalue weighted by Gasteiger charge is 2.33. The maximum absolute atomic E-state index is 12.2. The summed E-state index contributed by atoms with van der Waals surface area (Å²) in [6, 6.07) is 6.81. The predicted octanol–water partition coefficient (Wildman–Crippen LogP) is 1.34. The molecule has 1 atom stereocenters. The van der Waals surface area contributed by atoms with Crippen LogP contribution in [0.25, 0.3) is 0 Å². The summed E-state index contributed by atoms with van der Waals surface area (Å²) in [5, 5.41) is 2.85. The number of amides is 2. The van der Waals surface area contributed by atoms with Crippen molar-refractivity contribution in [2.45, 2.75) is 38.0 Å². The van der Waals surface area contributed by atoms with Gasteiger partial charge >= 0.3 is 0 Å². The third-order valence-electron chi connectivity index (χ3n) is 4.71. The number of carbonyl (C=O) groups is 2. The van der Waals surface area contributed by atoms with Crippen LogP contribution in [0.1, 0.15) is 36.0 Å². The lowest BCUT2D eigenvalue weighted by molar-refractivity contribution is -0.120. The minimum absolute atomic E-state index is 0.0515. The molecule has 7 heteroatoms. The van der Waals surface area contributed by atoms with Crippen molar-refractivity contribution in [3.05, 3.63) is 29.8 Å². The molecule has 2 heterocycles. The van der Waals surface area contributed by atoms with Crippen molar-refractivity contribution < 1.29 is 19.1 Å². The Morgan fingerprint density at radius 2 is 1.88 bits per heavy atom. The van der Waals surface area contributed by atoms with Crippen LogP contribution in [-0.2, 0) is 14.3 Å². The van der Waals surface area contributed by atoms with Crippen molar-refractivity contribution in [3.63, 3.8) is 0 Å². The van der Waals surface area contributed by atoms with E-state index in [0.717, 1.165) is 19.4 Å². The second-order valence-corrected chi connectivity index (χ2v) is 6.45. The Balaban J connectivity index is 1.49. The van der Waals surface area contributed by atoms with Crippen molar-refractivity contribution in [1.82, 2.24) is 4.90 Å². The van der Waals surface area contributed by atoms with Crippen LogP contribution in [0.5, 0.6) is 0 Å². The molecule has 2 fully saturated rings. The third-order valence-corrected chi connectivity index (χ3v) is 4.71. The smallest absolute Gasteiger partial charge is 0.248 e. The minimum atomic E-state index is -0.481. The number of likely N-dealkylation sites (tertiary alicyclic amines) is 1. The second kappa shape index (κ2) is 8.42. The fourth-order valence-corrected chi connectivity index (χ4v) is 3.39. The van der Waals surface area contributed by atoms with Gasteiger partial charge in [0.2, 0.25) is 11.8 Å². The lowest BCUT2D eigenvalue weighted by atomic mass is 10.0. The number of piperidine rings is 1. The van der Waals surface area contributed by atoms with Crippen LogP contribution < -0.4 is 11.1 Å². The van der Waals surface area contributed by atoms with Crippen LogP contribution in [-0.4, -0.2) is 55.3 Å². The zero-order valence-corrected chi connectivity index (χ0v) is 14.3. The summed E-state index contributed by atoms with van der Waals surface area (Å²) in [4.78, 5) is 25.6. The number of carbonyl (C=O) groups excluding carboxylic acids is 2. The summed E-state index contributed by atoms with van der Waals surface area (Å²) in [6.07, 6.45) is 3.59. The number of nitrogens with one attached hydrogen (secondary N) is 1. The SMILES string of the molecule is NC(=O)c1ccc(NC(=O)CCN2CCCCC2C2OCCO2)cc1. The summed E-state index contributed by atoms with van der Waals surface area (Å²) >= 11 is 0. The summed E-state index contributed by atoms with van der Waals surface area (Å²) in [6.45, 7) is 2.95. The van der Waals surface area contributed by atoms with Gasteiger partial charge < -0.3 is 20.5 Å². The van der Waals surface area contributed by atoms with E-state index in [9.17, 15) is 9.59 Å². The summed E-state index contributed by atoms with van der Waals surface area (Å²) < 4.78 is 11.3. The molecule has 0 bridgehead atoms. The molecule has 1 unspecified atom stereocenters. The molecule has 3 rings (SSSR count). The Hall–Kier alpha value is -1.96. The lowest BCUT2D eigenvalue weighted by Gasteiger charge is -2.37. The van der Waals surface area contributed by atoms with Gasteiger partial charge in [0.1, 0.15) is 0 Å². The molecule has 0 saturated carbocycles. The monoisotopic (exact) mass is 347 g/mol. The van der Waals surface area contributed by atoms with Crippen molar-refractivity contribution in [1.29, 1.82) is 0 Å². The first-order chi connectivity index (χ1) is 12.1. The molecule has 0 aliphatic carbocycles. The molecule has 136 valence electrons. The van der Waals surface area contributed by atoms with Gasteiger partial charge in [-0.05, 0) is 43.7 Å². The Kier molecular flexibility index (Phi) is 6.01. The van der Waals surface area contributed by atoms with Gasteiger partial charge in [-0.3, -0.25) is 14.5 Å². The molecule has 2 saturated heterocycles. The normalized spacial score (nSPS) is 22.0. The van der Waals surface area contributed by atoms with Crippen LogP contribution in [0.2, 0.25) is 0 Å². The van der Waals surface area contributed by atoms with Gasteiger partial charge in [0, 0.05) is 24.2 Å². The van der Waals surface area contributed by atoms with Gasteiger partial charge in [-0.25, -0.2) is 0 Å². The quantitative estimate of drug-likeness (QED) is 0.810. The van der Waals surface area contributed by atoms with Crippen LogP contribution >= 0.6 is 0 Å². The number of nitrogens with zero attached hydrogens (tertiary/aromatic N) is 1. The molecular formula is C18H25N3O4. The van der Waals surface area contributed by atoms with Gasteiger partial charge in [-0.2, -0.15) is 0 Å². The molecule has 2 aliphatic rings. The molecule has 25 heavy (non-hydrogen) atoms. The number of rotatable bonds is 6. The van der Waals surface area contributed by atoms with E-state index in [1.165, 1.54) is 6.42 Å². The number of primary amides is 1. The van der Waals surface area contributed by atoms with Crippen molar-refractivity contribution >= 4 is 17.5 Å². The highest BCUT2D eigenvalue weighted by Crippen LogP contribution is 2.24. The first-order valence-corrected chi connectivity index (χ1v) is 8.80. The Morgan fingerprint density at radius 3 is 2.56 bits per heavy atom. The van der Waals surface area contributed by atoms with E-state index in [-0.39, 0.29) is 18.2 Å². The molecule has 2 aliphatic heterocycles. The fraction of sp³-hybridized carbons (Fsp3) is 0.556. The Bertz CT molecular complexity index is 599. The predicted molar refractivity (Wildman–Crippen MR) is 93.1 cm³/mol. The van der Waals surface area contributed by atoms with Crippen LogP contribution in [0.15, 0.2) is 24.3 Å². The van der Waals surface area contributed by atoms with E-state index in [4.69, 9.17) is 15.2 Å². The highest BCUT2D eigenvalue weighted by atomic mass is 16.7. The molecule has 0 spiro atoms. The van der Waals surface area contributed by atoms with Gasteiger partial charge in [0.25, 0.3) is 0 Å². The summed E-state index contributed by atoms with van der Waals surface area (Å²) in [7, 11) is 0. The second-order valence-electron chi connectivity index (χ2n) is 6.45. The van der Waals surface area contributed by atoms with Gasteiger partial charge in [0.15, 0.2) is 6.29 Å². The molecule has 7 nitrogen and oxygen atoms in total. The lowest BCUT2D eigenvalue weighted by Crippen LogP contribution is -2.48. The molecule has 2 amide bonds. The molecule has 3 N–H and O–H groups in total. The van der Waals surface area contributed by atoms with Crippen LogP contribution in [0.3, 0.4) is 0 Å². The van der Waals surface area contributed by atoms with E-state index in [1.54, 1.807) is 24.3 Å². The Morgan fingerprint density at radius 1 is 1.16 bits per heavy atom. The van der Waals surface area contributed by atoms with Crippen LogP contribution in [0.4, 0.5) is 5.69 Å².